The van der Waals surface area contributed by atoms with Gasteiger partial charge in [0, 0.05) is 18.4 Å². The molecule has 0 aliphatic heterocycles. The van der Waals surface area contributed by atoms with Crippen LogP contribution in [-0.4, -0.2) is 17.5 Å². The van der Waals surface area contributed by atoms with E-state index in [-0.39, 0.29) is 22.6 Å². The molecule has 23 heavy (non-hydrogen) atoms. The molecule has 1 amide bonds. The third kappa shape index (κ3) is 3.95. The Kier molecular flexibility index (Phi) is 5.14. The lowest BCUT2D eigenvalue weighted by Crippen LogP contribution is -2.33. The fraction of sp³-hybridized carbons (Fsp3) is 0.421. The molecule has 2 rings (SSSR count). The van der Waals surface area contributed by atoms with Gasteiger partial charge in [-0.3, -0.25) is 14.4 Å². The lowest BCUT2D eigenvalue weighted by atomic mass is 9.70. The summed E-state index contributed by atoms with van der Waals surface area (Å²) < 4.78 is 0. The minimum atomic E-state index is -0.504. The van der Waals surface area contributed by atoms with Gasteiger partial charge in [-0.05, 0) is 29.9 Å². The number of amides is 1. The predicted octanol–water partition coefficient (Wildman–Crippen LogP) is 2.99. The fourth-order valence-corrected chi connectivity index (χ4v) is 3.34. The summed E-state index contributed by atoms with van der Waals surface area (Å²) in [6, 6.07) is 6.99. The summed E-state index contributed by atoms with van der Waals surface area (Å²) in [6.07, 6.45) is 4.67. The third-order valence-electron chi connectivity index (χ3n) is 4.44. The number of carbonyl (C=O) groups is 3. The van der Waals surface area contributed by atoms with Gasteiger partial charge in [-0.1, -0.05) is 44.5 Å². The zero-order chi connectivity index (χ0) is 17.0. The number of ketones is 2. The molecule has 1 aromatic rings. The normalized spacial score (nSPS) is 21.4. The molecule has 4 heteroatoms. The molecule has 0 heterocycles. The minimum absolute atomic E-state index is 0.0891. The highest BCUT2D eigenvalue weighted by Gasteiger charge is 2.37. The second-order valence-electron chi connectivity index (χ2n) is 6.60. The molecule has 1 fully saturated rings. The molecular weight excluding hydrogens is 290 g/mol. The average Bonchev–Trinajstić information content (AvgIpc) is 2.46. The van der Waals surface area contributed by atoms with Crippen LogP contribution in [0.1, 0.15) is 55.5 Å². The van der Waals surface area contributed by atoms with Gasteiger partial charge in [-0.25, -0.2) is 0 Å². The Morgan fingerprint density at radius 3 is 2.39 bits per heavy atom. The number of primary amides is 1. The van der Waals surface area contributed by atoms with Crippen molar-refractivity contribution in [1.82, 2.24) is 0 Å². The van der Waals surface area contributed by atoms with Crippen LogP contribution in [0.5, 0.6) is 0 Å². The van der Waals surface area contributed by atoms with E-state index in [0.717, 1.165) is 18.4 Å². The standard InChI is InChI=1S/C19H23NO3/c1-3-10-19(2)11-16(21)15(17(22)12-19)9-8-13-6-4-5-7-14(13)18(20)23/h4-7,9H,3,8,10-12H2,1-2H3,(H2,20,23). The van der Waals surface area contributed by atoms with Gasteiger partial charge in [0.1, 0.15) is 0 Å². The van der Waals surface area contributed by atoms with E-state index in [9.17, 15) is 14.4 Å². The van der Waals surface area contributed by atoms with Gasteiger partial charge >= 0.3 is 0 Å². The molecule has 0 saturated heterocycles. The van der Waals surface area contributed by atoms with E-state index in [4.69, 9.17) is 5.73 Å². The molecule has 2 N–H and O–H groups in total. The molecule has 122 valence electrons. The third-order valence-corrected chi connectivity index (χ3v) is 4.44. The molecular formula is C19H23NO3. The molecule has 1 saturated carbocycles. The Morgan fingerprint density at radius 2 is 1.83 bits per heavy atom. The number of allylic oxidation sites excluding steroid dienone is 2. The molecule has 1 aliphatic rings. The molecule has 0 spiro atoms. The van der Waals surface area contributed by atoms with Gasteiger partial charge in [0.2, 0.25) is 5.91 Å². The van der Waals surface area contributed by atoms with E-state index in [1.807, 2.05) is 13.0 Å². The van der Waals surface area contributed by atoms with Crippen LogP contribution in [0.25, 0.3) is 0 Å². The quantitative estimate of drug-likeness (QED) is 0.670. The maximum absolute atomic E-state index is 12.4. The minimum Gasteiger partial charge on any atom is -0.366 e. The topological polar surface area (TPSA) is 77.2 Å². The van der Waals surface area contributed by atoms with Gasteiger partial charge in [-0.2, -0.15) is 0 Å². The monoisotopic (exact) mass is 313 g/mol. The van der Waals surface area contributed by atoms with Gasteiger partial charge in [0.05, 0.1) is 5.57 Å². The second-order valence-corrected chi connectivity index (χ2v) is 6.60. The highest BCUT2D eigenvalue weighted by Crippen LogP contribution is 2.38. The molecule has 0 atom stereocenters. The average molecular weight is 313 g/mol. The van der Waals surface area contributed by atoms with Crippen LogP contribution in [0.3, 0.4) is 0 Å². The van der Waals surface area contributed by atoms with Crippen molar-refractivity contribution < 1.29 is 14.4 Å². The van der Waals surface area contributed by atoms with Crippen molar-refractivity contribution in [3.8, 4) is 0 Å². The molecule has 0 aromatic heterocycles. The summed E-state index contributed by atoms with van der Waals surface area (Å²) in [5.74, 6) is -0.682. The first-order chi connectivity index (χ1) is 10.9. The summed E-state index contributed by atoms with van der Waals surface area (Å²) in [7, 11) is 0. The van der Waals surface area contributed by atoms with E-state index in [0.29, 0.717) is 24.8 Å². The summed E-state index contributed by atoms with van der Waals surface area (Å²) in [5.41, 5.74) is 6.57. The second kappa shape index (κ2) is 6.90. The van der Waals surface area contributed by atoms with E-state index in [1.165, 1.54) is 0 Å². The van der Waals surface area contributed by atoms with Crippen LogP contribution in [0.4, 0.5) is 0 Å². The summed E-state index contributed by atoms with van der Waals surface area (Å²) in [5, 5.41) is 0. The van der Waals surface area contributed by atoms with Crippen LogP contribution in [0.15, 0.2) is 35.9 Å². The van der Waals surface area contributed by atoms with Gasteiger partial charge in [0.25, 0.3) is 0 Å². The maximum Gasteiger partial charge on any atom is 0.248 e. The summed E-state index contributed by atoms with van der Waals surface area (Å²) in [6.45, 7) is 4.07. The fourth-order valence-electron chi connectivity index (χ4n) is 3.34. The molecule has 0 unspecified atom stereocenters. The predicted molar refractivity (Wildman–Crippen MR) is 89.0 cm³/mol. The van der Waals surface area contributed by atoms with Crippen LogP contribution in [0.2, 0.25) is 0 Å². The van der Waals surface area contributed by atoms with Gasteiger partial charge in [-0.15, -0.1) is 0 Å². The Bertz CT molecular complexity index is 653. The zero-order valence-corrected chi connectivity index (χ0v) is 13.7. The van der Waals surface area contributed by atoms with E-state index in [1.54, 1.807) is 24.3 Å². The van der Waals surface area contributed by atoms with E-state index < -0.39 is 5.91 Å². The number of hydrogen-bond acceptors (Lipinski definition) is 3. The molecule has 4 nitrogen and oxygen atoms in total. The first kappa shape index (κ1) is 17.1. The van der Waals surface area contributed by atoms with Gasteiger partial charge < -0.3 is 5.73 Å². The van der Waals surface area contributed by atoms with Gasteiger partial charge in [0.15, 0.2) is 11.6 Å². The van der Waals surface area contributed by atoms with Crippen molar-refractivity contribution in [2.75, 3.05) is 0 Å². The lowest BCUT2D eigenvalue weighted by molar-refractivity contribution is -0.128. The Hall–Kier alpha value is -2.23. The lowest BCUT2D eigenvalue weighted by Gasteiger charge is -2.32. The molecule has 0 radical (unpaired) electrons. The number of hydrogen-bond donors (Lipinski definition) is 1. The van der Waals surface area contributed by atoms with Crippen LogP contribution >= 0.6 is 0 Å². The molecule has 1 aromatic carbocycles. The SMILES string of the molecule is CCCC1(C)CC(=O)C(=CCc2ccccc2C(N)=O)C(=O)C1. The first-order valence-corrected chi connectivity index (χ1v) is 8.00. The number of rotatable bonds is 5. The van der Waals surface area contributed by atoms with Crippen LogP contribution in [0, 0.1) is 5.41 Å². The van der Waals surface area contributed by atoms with Crippen molar-refractivity contribution in [3.05, 3.63) is 47.0 Å². The molecule has 0 bridgehead atoms. The van der Waals surface area contributed by atoms with Crippen molar-refractivity contribution in [2.45, 2.75) is 46.0 Å². The number of nitrogens with two attached hydrogens (primary N) is 1. The molecule has 1 aliphatic carbocycles. The highest BCUT2D eigenvalue weighted by molar-refractivity contribution is 6.22. The maximum atomic E-state index is 12.4. The smallest absolute Gasteiger partial charge is 0.248 e. The van der Waals surface area contributed by atoms with E-state index >= 15 is 0 Å². The number of Topliss-reactive ketones (excluding diaryl/α,β-unsaturated/α-hetero) is 2. The number of benzene rings is 1. The van der Waals surface area contributed by atoms with Crippen LogP contribution in [-0.2, 0) is 16.0 Å². The van der Waals surface area contributed by atoms with Crippen molar-refractivity contribution in [2.24, 2.45) is 11.1 Å². The van der Waals surface area contributed by atoms with Crippen molar-refractivity contribution in [1.29, 1.82) is 0 Å². The van der Waals surface area contributed by atoms with Crippen molar-refractivity contribution in [3.63, 3.8) is 0 Å². The first-order valence-electron chi connectivity index (χ1n) is 8.00. The van der Waals surface area contributed by atoms with Crippen LogP contribution < -0.4 is 5.73 Å². The Labute approximate surface area is 136 Å². The van der Waals surface area contributed by atoms with E-state index in [2.05, 4.69) is 6.92 Å². The Balaban J connectivity index is 2.20. The summed E-state index contributed by atoms with van der Waals surface area (Å²) in [4.78, 5) is 36.1. The summed E-state index contributed by atoms with van der Waals surface area (Å²) >= 11 is 0. The Morgan fingerprint density at radius 1 is 1.22 bits per heavy atom. The largest absolute Gasteiger partial charge is 0.366 e. The zero-order valence-electron chi connectivity index (χ0n) is 13.7. The highest BCUT2D eigenvalue weighted by atomic mass is 16.2. The van der Waals surface area contributed by atoms with Crippen molar-refractivity contribution >= 4 is 17.5 Å². The number of carbonyl (C=O) groups excluding carboxylic acids is 3.